The largest absolute Gasteiger partial charge is 0.479 e. The maximum Gasteiger partial charge on any atom is 0.337 e. The molecule has 6 nitrogen and oxygen atoms in total. The molecule has 2 amide bonds. The zero-order valence-corrected chi connectivity index (χ0v) is 12.2. The molecule has 0 spiro atoms. The summed E-state index contributed by atoms with van der Waals surface area (Å²) in [6.45, 7) is 7.02. The number of aliphatic carboxylic acids is 1. The monoisotopic (exact) mass is 274 g/mol. The highest BCUT2D eigenvalue weighted by Gasteiger charge is 2.30. The molecule has 0 bridgehead atoms. The van der Waals surface area contributed by atoms with Crippen molar-refractivity contribution in [1.29, 1.82) is 0 Å². The van der Waals surface area contributed by atoms with Gasteiger partial charge in [0.05, 0.1) is 6.54 Å². The maximum atomic E-state index is 11.5. The van der Waals surface area contributed by atoms with Crippen molar-refractivity contribution >= 4 is 12.0 Å². The third kappa shape index (κ3) is 8.42. The summed E-state index contributed by atoms with van der Waals surface area (Å²) in [4.78, 5) is 22.1. The fourth-order valence-electron chi connectivity index (χ4n) is 1.51. The molecule has 6 heteroatoms. The van der Waals surface area contributed by atoms with Crippen LogP contribution in [0.4, 0.5) is 4.79 Å². The molecule has 0 aromatic carbocycles. The van der Waals surface area contributed by atoms with Crippen LogP contribution in [0, 0.1) is 5.92 Å². The third-order valence-electron chi connectivity index (χ3n) is 2.85. The van der Waals surface area contributed by atoms with Crippen molar-refractivity contribution in [2.45, 2.75) is 58.6 Å². The molecule has 0 saturated carbocycles. The smallest absolute Gasteiger partial charge is 0.337 e. The Bertz CT molecular complexity index is 303. The van der Waals surface area contributed by atoms with Gasteiger partial charge in [0, 0.05) is 6.04 Å². The number of hydrogen-bond donors (Lipinski definition) is 4. The van der Waals surface area contributed by atoms with Crippen LogP contribution in [0.5, 0.6) is 0 Å². The zero-order chi connectivity index (χ0) is 15.1. The Kier molecular flexibility index (Phi) is 7.44. The molecule has 0 heterocycles. The zero-order valence-electron chi connectivity index (χ0n) is 12.2. The van der Waals surface area contributed by atoms with Gasteiger partial charge >= 0.3 is 12.0 Å². The van der Waals surface area contributed by atoms with Crippen LogP contribution in [-0.2, 0) is 4.79 Å². The Morgan fingerprint density at radius 1 is 1.21 bits per heavy atom. The first-order valence-corrected chi connectivity index (χ1v) is 6.65. The summed E-state index contributed by atoms with van der Waals surface area (Å²) in [6.07, 6.45) is 3.02. The van der Waals surface area contributed by atoms with Crippen LogP contribution < -0.4 is 10.6 Å². The second kappa shape index (κ2) is 7.99. The molecule has 112 valence electrons. The van der Waals surface area contributed by atoms with Gasteiger partial charge in [-0.1, -0.05) is 26.7 Å². The summed E-state index contributed by atoms with van der Waals surface area (Å²) >= 11 is 0. The highest BCUT2D eigenvalue weighted by molar-refractivity contribution is 5.79. The standard InChI is InChI=1S/C13H26N2O4/c1-9(2)6-5-7-10(3)15-12(18)14-8-13(4,19)11(16)17/h9-10,19H,5-8H2,1-4H3,(H,16,17)(H2,14,15,18). The van der Waals surface area contributed by atoms with Crippen LogP contribution in [-0.4, -0.2) is 40.4 Å². The van der Waals surface area contributed by atoms with Crippen molar-refractivity contribution in [1.82, 2.24) is 10.6 Å². The van der Waals surface area contributed by atoms with Gasteiger partial charge in [0.1, 0.15) is 0 Å². The topological polar surface area (TPSA) is 98.7 Å². The lowest BCUT2D eigenvalue weighted by atomic mass is 10.0. The lowest BCUT2D eigenvalue weighted by molar-refractivity contribution is -0.155. The van der Waals surface area contributed by atoms with Gasteiger partial charge in [-0.25, -0.2) is 9.59 Å². The first-order chi connectivity index (χ1) is 8.65. The molecule has 4 N–H and O–H groups in total. The second-order valence-corrected chi connectivity index (χ2v) is 5.63. The number of carbonyl (C=O) groups excluding carboxylic acids is 1. The number of carbonyl (C=O) groups is 2. The van der Waals surface area contributed by atoms with Crippen LogP contribution in [0.25, 0.3) is 0 Å². The normalized spacial score (nSPS) is 15.7. The summed E-state index contributed by atoms with van der Waals surface area (Å²) in [5, 5.41) is 23.2. The Labute approximate surface area is 114 Å². The van der Waals surface area contributed by atoms with E-state index in [1.165, 1.54) is 0 Å². The van der Waals surface area contributed by atoms with Gasteiger partial charge < -0.3 is 20.8 Å². The molecular formula is C13H26N2O4. The summed E-state index contributed by atoms with van der Waals surface area (Å²) in [7, 11) is 0. The Hall–Kier alpha value is -1.30. The second-order valence-electron chi connectivity index (χ2n) is 5.63. The molecule has 0 aliphatic rings. The summed E-state index contributed by atoms with van der Waals surface area (Å²) in [6, 6.07) is -0.438. The van der Waals surface area contributed by atoms with Crippen molar-refractivity contribution in [3.63, 3.8) is 0 Å². The van der Waals surface area contributed by atoms with Gasteiger partial charge in [0.25, 0.3) is 0 Å². The number of urea groups is 1. The quantitative estimate of drug-likeness (QED) is 0.536. The van der Waals surface area contributed by atoms with Crippen LogP contribution >= 0.6 is 0 Å². The molecule has 0 aromatic heterocycles. The van der Waals surface area contributed by atoms with E-state index in [-0.39, 0.29) is 12.6 Å². The summed E-state index contributed by atoms with van der Waals surface area (Å²) in [5.74, 6) is -0.718. The van der Waals surface area contributed by atoms with E-state index in [4.69, 9.17) is 5.11 Å². The maximum absolute atomic E-state index is 11.5. The van der Waals surface area contributed by atoms with Crippen molar-refractivity contribution in [3.05, 3.63) is 0 Å². The number of amides is 2. The van der Waals surface area contributed by atoms with Gasteiger partial charge in [-0.15, -0.1) is 0 Å². The van der Waals surface area contributed by atoms with Crippen molar-refractivity contribution in [2.75, 3.05) is 6.54 Å². The number of carboxylic acid groups (broad SMARTS) is 1. The summed E-state index contributed by atoms with van der Waals surface area (Å²) in [5.41, 5.74) is -1.95. The number of nitrogens with one attached hydrogen (secondary N) is 2. The average molecular weight is 274 g/mol. The molecule has 2 unspecified atom stereocenters. The van der Waals surface area contributed by atoms with Gasteiger partial charge in [-0.3, -0.25) is 0 Å². The molecule has 0 fully saturated rings. The first kappa shape index (κ1) is 17.7. The minimum absolute atomic E-state index is 0.0218. The lowest BCUT2D eigenvalue weighted by Gasteiger charge is -2.20. The highest BCUT2D eigenvalue weighted by Crippen LogP contribution is 2.08. The Morgan fingerprint density at radius 2 is 1.79 bits per heavy atom. The molecule has 0 aromatic rings. The number of hydrogen-bond acceptors (Lipinski definition) is 3. The van der Waals surface area contributed by atoms with E-state index >= 15 is 0 Å². The average Bonchev–Trinajstić information content (AvgIpc) is 2.25. The van der Waals surface area contributed by atoms with Gasteiger partial charge in [-0.2, -0.15) is 0 Å². The molecule has 2 atom stereocenters. The third-order valence-corrected chi connectivity index (χ3v) is 2.85. The van der Waals surface area contributed by atoms with Crippen LogP contribution in [0.2, 0.25) is 0 Å². The molecule has 0 aliphatic heterocycles. The molecule has 0 saturated heterocycles. The first-order valence-electron chi connectivity index (χ1n) is 6.65. The van der Waals surface area contributed by atoms with E-state index in [1.807, 2.05) is 6.92 Å². The highest BCUT2D eigenvalue weighted by atomic mass is 16.4. The van der Waals surface area contributed by atoms with E-state index < -0.39 is 17.6 Å². The number of carboxylic acids is 1. The van der Waals surface area contributed by atoms with E-state index in [0.717, 1.165) is 26.2 Å². The molecule has 0 aliphatic carbocycles. The van der Waals surface area contributed by atoms with Crippen LogP contribution in [0.3, 0.4) is 0 Å². The van der Waals surface area contributed by atoms with Gasteiger partial charge in [-0.05, 0) is 26.2 Å². The Morgan fingerprint density at radius 3 is 2.26 bits per heavy atom. The van der Waals surface area contributed by atoms with Crippen molar-refractivity contribution < 1.29 is 19.8 Å². The fourth-order valence-corrected chi connectivity index (χ4v) is 1.51. The molecule has 19 heavy (non-hydrogen) atoms. The minimum atomic E-state index is -1.95. The van der Waals surface area contributed by atoms with Gasteiger partial charge in [0.2, 0.25) is 0 Å². The minimum Gasteiger partial charge on any atom is -0.479 e. The molecular weight excluding hydrogens is 248 g/mol. The van der Waals surface area contributed by atoms with Crippen molar-refractivity contribution in [3.8, 4) is 0 Å². The van der Waals surface area contributed by atoms with Gasteiger partial charge in [0.15, 0.2) is 5.60 Å². The predicted octanol–water partition coefficient (Wildman–Crippen LogP) is 1.34. The van der Waals surface area contributed by atoms with E-state index in [2.05, 4.69) is 24.5 Å². The number of rotatable bonds is 8. The predicted molar refractivity (Wildman–Crippen MR) is 72.9 cm³/mol. The Balaban J connectivity index is 3.88. The molecule has 0 rings (SSSR count). The molecule has 0 radical (unpaired) electrons. The SMILES string of the molecule is CC(C)CCCC(C)NC(=O)NCC(C)(O)C(=O)O. The van der Waals surface area contributed by atoms with E-state index in [1.54, 1.807) is 0 Å². The van der Waals surface area contributed by atoms with E-state index in [0.29, 0.717) is 5.92 Å². The van der Waals surface area contributed by atoms with E-state index in [9.17, 15) is 14.7 Å². The summed E-state index contributed by atoms with van der Waals surface area (Å²) < 4.78 is 0. The van der Waals surface area contributed by atoms with Crippen molar-refractivity contribution in [2.24, 2.45) is 5.92 Å². The van der Waals surface area contributed by atoms with Crippen LogP contribution in [0.1, 0.15) is 47.0 Å². The van der Waals surface area contributed by atoms with Crippen LogP contribution in [0.15, 0.2) is 0 Å². The lowest BCUT2D eigenvalue weighted by Crippen LogP contribution is -2.50. The number of aliphatic hydroxyl groups is 1. The fraction of sp³-hybridized carbons (Fsp3) is 0.846.